The maximum Gasteiger partial charge on any atom is 0.271 e. The highest BCUT2D eigenvalue weighted by Crippen LogP contribution is 2.32. The smallest absolute Gasteiger partial charge is 0.271 e. The number of carbonyl (C=O) groups excluding carboxylic acids is 1. The van der Waals surface area contributed by atoms with Crippen molar-refractivity contribution in [3.05, 3.63) is 53.3 Å². The Morgan fingerprint density at radius 2 is 1.76 bits per heavy atom. The molecule has 200 valence electrons. The number of ether oxygens (including phenoxy) is 1. The highest BCUT2D eigenvalue weighted by molar-refractivity contribution is 5.97. The van der Waals surface area contributed by atoms with Crippen LogP contribution in [0.15, 0.2) is 36.5 Å². The van der Waals surface area contributed by atoms with Gasteiger partial charge in [-0.2, -0.15) is 0 Å². The van der Waals surface area contributed by atoms with Gasteiger partial charge in [0.15, 0.2) is 17.3 Å². The Hall–Kier alpha value is -3.76. The maximum absolute atomic E-state index is 12.5. The van der Waals surface area contributed by atoms with Crippen molar-refractivity contribution in [1.82, 2.24) is 19.9 Å². The first-order valence-electron chi connectivity index (χ1n) is 13.2. The summed E-state index contributed by atoms with van der Waals surface area (Å²) in [4.78, 5) is 31.4. The number of rotatable bonds is 7. The number of nitrogens with one attached hydrogen (secondary N) is 2. The molecule has 10 heteroatoms. The van der Waals surface area contributed by atoms with Gasteiger partial charge in [-0.15, -0.1) is 0 Å². The summed E-state index contributed by atoms with van der Waals surface area (Å²) in [5.74, 6) is 0.228. The quantitative estimate of drug-likeness (QED) is 0.434. The molecule has 2 aliphatic heterocycles. The van der Waals surface area contributed by atoms with E-state index in [1.165, 1.54) is 5.69 Å². The average Bonchev–Trinajstić information content (AvgIpc) is 2.91. The molecule has 0 atom stereocenters. The largest absolute Gasteiger partial charge is 0.381 e. The minimum atomic E-state index is -0.654. The molecule has 1 aromatic carbocycles. The molecule has 0 spiro atoms. The lowest BCUT2D eigenvalue weighted by Gasteiger charge is -2.35. The Bertz CT molecular complexity index is 1300. The molecular formula is C28H36N8O2. The van der Waals surface area contributed by atoms with Crippen LogP contribution in [0.2, 0.25) is 0 Å². The van der Waals surface area contributed by atoms with E-state index in [4.69, 9.17) is 20.4 Å². The average molecular weight is 517 g/mol. The number of aryl methyl sites for hydroxylation is 2. The molecule has 10 nitrogen and oxygen atoms in total. The lowest BCUT2D eigenvalue weighted by Crippen LogP contribution is -2.44. The van der Waals surface area contributed by atoms with E-state index in [1.54, 1.807) is 6.20 Å². The molecule has 0 unspecified atom stereocenters. The summed E-state index contributed by atoms with van der Waals surface area (Å²) in [5, 5.41) is 6.85. The fourth-order valence-corrected chi connectivity index (χ4v) is 5.00. The number of likely N-dealkylation sites (N-methyl/N-ethyl adjacent to an activating group) is 1. The van der Waals surface area contributed by atoms with E-state index < -0.39 is 5.91 Å². The van der Waals surface area contributed by atoms with Crippen LogP contribution in [-0.4, -0.2) is 78.2 Å². The SMILES string of the molecule is Cc1cc(Nc2nc(NC3CCOCC3)c(-c3ncccc3C)nc2C(N)=O)ccc1N1CCN(C)CC1. The number of amides is 1. The lowest BCUT2D eigenvalue weighted by molar-refractivity contribution is 0.0904. The van der Waals surface area contributed by atoms with Crippen LogP contribution in [0.4, 0.5) is 23.0 Å². The number of piperazine rings is 1. The van der Waals surface area contributed by atoms with Crippen molar-refractivity contribution < 1.29 is 9.53 Å². The topological polar surface area (TPSA) is 122 Å². The third kappa shape index (κ3) is 5.71. The number of aromatic nitrogens is 3. The highest BCUT2D eigenvalue weighted by Gasteiger charge is 2.24. The van der Waals surface area contributed by atoms with Gasteiger partial charge < -0.3 is 30.9 Å². The molecule has 3 aromatic rings. The van der Waals surface area contributed by atoms with Crippen LogP contribution in [-0.2, 0) is 4.74 Å². The van der Waals surface area contributed by atoms with Gasteiger partial charge >= 0.3 is 0 Å². The third-order valence-electron chi connectivity index (χ3n) is 7.23. The number of anilines is 4. The zero-order valence-electron chi connectivity index (χ0n) is 22.3. The Balaban J connectivity index is 1.50. The van der Waals surface area contributed by atoms with Gasteiger partial charge in [0.2, 0.25) is 0 Å². The van der Waals surface area contributed by atoms with Crippen LogP contribution in [0, 0.1) is 13.8 Å². The van der Waals surface area contributed by atoms with Crippen molar-refractivity contribution in [2.75, 3.05) is 62.0 Å². The van der Waals surface area contributed by atoms with Crippen molar-refractivity contribution in [3.8, 4) is 11.4 Å². The van der Waals surface area contributed by atoms with E-state index in [9.17, 15) is 4.79 Å². The molecule has 0 saturated carbocycles. The van der Waals surface area contributed by atoms with Crippen LogP contribution in [0.3, 0.4) is 0 Å². The molecule has 0 aliphatic carbocycles. The molecular weight excluding hydrogens is 480 g/mol. The molecule has 2 fully saturated rings. The predicted molar refractivity (Wildman–Crippen MR) is 150 cm³/mol. The third-order valence-corrected chi connectivity index (χ3v) is 7.23. The number of hydrogen-bond acceptors (Lipinski definition) is 9. The van der Waals surface area contributed by atoms with Crippen molar-refractivity contribution in [1.29, 1.82) is 0 Å². The van der Waals surface area contributed by atoms with Crippen LogP contribution in [0.5, 0.6) is 0 Å². The minimum Gasteiger partial charge on any atom is -0.381 e. The fourth-order valence-electron chi connectivity index (χ4n) is 5.00. The first-order chi connectivity index (χ1) is 18.4. The van der Waals surface area contributed by atoms with Crippen LogP contribution in [0.25, 0.3) is 11.4 Å². The van der Waals surface area contributed by atoms with Gasteiger partial charge in [0.1, 0.15) is 5.69 Å². The van der Waals surface area contributed by atoms with Crippen LogP contribution < -0.4 is 21.3 Å². The molecule has 1 amide bonds. The number of nitrogens with two attached hydrogens (primary N) is 1. The summed E-state index contributed by atoms with van der Waals surface area (Å²) in [6.45, 7) is 9.52. The first-order valence-corrected chi connectivity index (χ1v) is 13.2. The molecule has 38 heavy (non-hydrogen) atoms. The molecule has 2 saturated heterocycles. The second kappa shape index (κ2) is 11.3. The molecule has 0 radical (unpaired) electrons. The zero-order valence-corrected chi connectivity index (χ0v) is 22.3. The second-order valence-corrected chi connectivity index (χ2v) is 10.1. The van der Waals surface area contributed by atoms with Gasteiger partial charge in [0, 0.05) is 63.0 Å². The molecule has 2 aliphatic rings. The summed E-state index contributed by atoms with van der Waals surface area (Å²) in [6, 6.07) is 10.2. The van der Waals surface area contributed by atoms with Gasteiger partial charge in [0.05, 0.1) is 5.69 Å². The Kier molecular flexibility index (Phi) is 7.71. The summed E-state index contributed by atoms with van der Waals surface area (Å²) < 4.78 is 5.53. The van der Waals surface area contributed by atoms with Gasteiger partial charge in [-0.05, 0) is 69.1 Å². The summed E-state index contributed by atoms with van der Waals surface area (Å²) in [5.41, 5.74) is 11.2. The summed E-state index contributed by atoms with van der Waals surface area (Å²) >= 11 is 0. The van der Waals surface area contributed by atoms with Crippen molar-refractivity contribution in [2.24, 2.45) is 5.73 Å². The van der Waals surface area contributed by atoms with E-state index in [0.717, 1.165) is 55.8 Å². The number of benzene rings is 1. The van der Waals surface area contributed by atoms with E-state index in [1.807, 2.05) is 25.1 Å². The molecule has 4 N–H and O–H groups in total. The van der Waals surface area contributed by atoms with Crippen molar-refractivity contribution >= 4 is 28.9 Å². The fraction of sp³-hybridized carbons (Fsp3) is 0.429. The monoisotopic (exact) mass is 516 g/mol. The molecule has 0 bridgehead atoms. The number of nitrogens with zero attached hydrogens (tertiary/aromatic N) is 5. The van der Waals surface area contributed by atoms with Crippen LogP contribution in [0.1, 0.15) is 34.5 Å². The first kappa shape index (κ1) is 25.9. The van der Waals surface area contributed by atoms with Gasteiger partial charge in [0.25, 0.3) is 5.91 Å². The predicted octanol–water partition coefficient (Wildman–Crippen LogP) is 3.34. The van der Waals surface area contributed by atoms with E-state index in [0.29, 0.717) is 36.2 Å². The Morgan fingerprint density at radius 1 is 1.00 bits per heavy atom. The lowest BCUT2D eigenvalue weighted by atomic mass is 10.1. The van der Waals surface area contributed by atoms with Crippen LogP contribution >= 0.6 is 0 Å². The Morgan fingerprint density at radius 3 is 2.45 bits per heavy atom. The maximum atomic E-state index is 12.5. The molecule has 4 heterocycles. The normalized spacial score (nSPS) is 16.9. The van der Waals surface area contributed by atoms with Crippen molar-refractivity contribution in [2.45, 2.75) is 32.7 Å². The van der Waals surface area contributed by atoms with Gasteiger partial charge in [-0.1, -0.05) is 6.07 Å². The van der Waals surface area contributed by atoms with Gasteiger partial charge in [-0.25, -0.2) is 9.97 Å². The van der Waals surface area contributed by atoms with Gasteiger partial charge in [-0.3, -0.25) is 9.78 Å². The van der Waals surface area contributed by atoms with E-state index >= 15 is 0 Å². The molecule has 2 aromatic heterocycles. The second-order valence-electron chi connectivity index (χ2n) is 10.1. The highest BCUT2D eigenvalue weighted by atomic mass is 16.5. The standard InChI is InChI=1S/C28H36N8O2/c1-18-5-4-10-30-23(18)24-27(31-20-8-15-38-16-9-20)34-28(25(33-24)26(29)37)32-21-6-7-22(19(2)17-21)36-13-11-35(3)12-14-36/h4-7,10,17,20H,8-9,11-16H2,1-3H3,(H2,29,37)(H2,31,32,34). The number of primary amides is 1. The number of carbonyl (C=O) groups is 1. The number of pyridine rings is 1. The van der Waals surface area contributed by atoms with E-state index in [2.05, 4.69) is 51.5 Å². The van der Waals surface area contributed by atoms with Crippen molar-refractivity contribution in [3.63, 3.8) is 0 Å². The molecule has 5 rings (SSSR count). The summed E-state index contributed by atoms with van der Waals surface area (Å²) in [6.07, 6.45) is 3.42. The minimum absolute atomic E-state index is 0.0726. The van der Waals surface area contributed by atoms with E-state index in [-0.39, 0.29) is 11.7 Å². The Labute approximate surface area is 223 Å². The number of hydrogen-bond donors (Lipinski definition) is 3. The zero-order chi connectivity index (χ0) is 26.6. The summed E-state index contributed by atoms with van der Waals surface area (Å²) in [7, 11) is 2.15.